The molecule has 0 aliphatic rings. The second-order valence-corrected chi connectivity index (χ2v) is 4.23. The summed E-state index contributed by atoms with van der Waals surface area (Å²) < 4.78 is 0. The molecule has 1 rings (SSSR count). The van der Waals surface area contributed by atoms with Gasteiger partial charge in [0.05, 0.1) is 10.0 Å². The summed E-state index contributed by atoms with van der Waals surface area (Å²) in [6, 6.07) is 5.59. The van der Waals surface area contributed by atoms with Crippen molar-refractivity contribution in [3.8, 4) is 0 Å². The van der Waals surface area contributed by atoms with E-state index in [9.17, 15) is 0 Å². The van der Waals surface area contributed by atoms with Gasteiger partial charge in [-0.05, 0) is 25.0 Å². The van der Waals surface area contributed by atoms with Crippen LogP contribution in [0.3, 0.4) is 0 Å². The van der Waals surface area contributed by atoms with Crippen LogP contribution in [0.5, 0.6) is 0 Å². The van der Waals surface area contributed by atoms with Gasteiger partial charge in [-0.3, -0.25) is 0 Å². The van der Waals surface area contributed by atoms with Crippen LogP contribution in [0.1, 0.15) is 12.5 Å². The summed E-state index contributed by atoms with van der Waals surface area (Å²) in [4.78, 5) is 0. The van der Waals surface area contributed by atoms with E-state index in [-0.39, 0.29) is 5.38 Å². The van der Waals surface area contributed by atoms with Crippen LogP contribution in [0, 0.1) is 0 Å². The van der Waals surface area contributed by atoms with E-state index in [1.807, 2.05) is 19.1 Å². The van der Waals surface area contributed by atoms with Gasteiger partial charge in [-0.2, -0.15) is 0 Å². The van der Waals surface area contributed by atoms with Gasteiger partial charge in [0.1, 0.15) is 0 Å². The minimum Gasteiger partial charge on any atom is -0.123 e. The van der Waals surface area contributed by atoms with Gasteiger partial charge in [0.25, 0.3) is 0 Å². The van der Waals surface area contributed by atoms with Crippen LogP contribution < -0.4 is 0 Å². The van der Waals surface area contributed by atoms with E-state index < -0.39 is 0 Å². The topological polar surface area (TPSA) is 0 Å². The first-order valence-electron chi connectivity index (χ1n) is 3.68. The third-order valence-corrected chi connectivity index (χ3v) is 2.55. The van der Waals surface area contributed by atoms with Gasteiger partial charge >= 0.3 is 0 Å². The number of alkyl halides is 1. The van der Waals surface area contributed by atoms with Crippen LogP contribution in [0.4, 0.5) is 0 Å². The highest BCUT2D eigenvalue weighted by Crippen LogP contribution is 2.26. The Morgan fingerprint density at radius 2 is 2.00 bits per heavy atom. The average molecular weight is 224 g/mol. The number of rotatable bonds is 2. The Bertz CT molecular complexity index is 268. The van der Waals surface area contributed by atoms with Crippen molar-refractivity contribution in [1.82, 2.24) is 0 Å². The third kappa shape index (κ3) is 2.55. The molecule has 0 spiro atoms. The van der Waals surface area contributed by atoms with Gasteiger partial charge in [-0.25, -0.2) is 0 Å². The molecule has 0 amide bonds. The summed E-state index contributed by atoms with van der Waals surface area (Å²) in [5.41, 5.74) is 1.01. The van der Waals surface area contributed by atoms with Crippen LogP contribution in [0.15, 0.2) is 18.2 Å². The maximum Gasteiger partial charge on any atom is 0.0624 e. The van der Waals surface area contributed by atoms with Gasteiger partial charge in [-0.15, -0.1) is 11.6 Å². The molecule has 0 saturated heterocycles. The fourth-order valence-corrected chi connectivity index (χ4v) is 1.57. The number of hydrogen-bond donors (Lipinski definition) is 0. The van der Waals surface area contributed by atoms with Gasteiger partial charge in [0, 0.05) is 5.38 Å². The molecular weight excluding hydrogens is 214 g/mol. The zero-order chi connectivity index (χ0) is 9.14. The van der Waals surface area contributed by atoms with E-state index in [0.29, 0.717) is 10.0 Å². The van der Waals surface area contributed by atoms with Crippen LogP contribution >= 0.6 is 34.8 Å². The molecule has 1 atom stereocenters. The third-order valence-electron chi connectivity index (χ3n) is 1.53. The summed E-state index contributed by atoms with van der Waals surface area (Å²) in [6.07, 6.45) is 0.751. The molecule has 0 heterocycles. The van der Waals surface area contributed by atoms with Crippen molar-refractivity contribution in [1.29, 1.82) is 0 Å². The second kappa shape index (κ2) is 4.36. The maximum absolute atomic E-state index is 5.95. The smallest absolute Gasteiger partial charge is 0.0624 e. The predicted molar refractivity (Wildman–Crippen MR) is 55.5 cm³/mol. The molecule has 0 fully saturated rings. The molecule has 0 radical (unpaired) electrons. The number of benzene rings is 1. The number of halogens is 3. The lowest BCUT2D eigenvalue weighted by molar-refractivity contribution is 0.932. The fraction of sp³-hybridized carbons (Fsp3) is 0.333. The molecule has 0 N–H and O–H groups in total. The van der Waals surface area contributed by atoms with Crippen molar-refractivity contribution in [3.63, 3.8) is 0 Å². The lowest BCUT2D eigenvalue weighted by Gasteiger charge is -2.06. The second-order valence-electron chi connectivity index (χ2n) is 2.70. The van der Waals surface area contributed by atoms with E-state index in [0.717, 1.165) is 12.0 Å². The standard InChI is InChI=1S/C9H9Cl3/c1-6(10)5-7-3-2-4-8(11)9(7)12/h2-4,6H,5H2,1H3. The zero-order valence-corrected chi connectivity index (χ0v) is 8.92. The van der Waals surface area contributed by atoms with Crippen molar-refractivity contribution < 1.29 is 0 Å². The fourth-order valence-electron chi connectivity index (χ4n) is 1.01. The first kappa shape index (κ1) is 10.2. The van der Waals surface area contributed by atoms with E-state index in [1.165, 1.54) is 0 Å². The molecule has 0 nitrogen and oxygen atoms in total. The van der Waals surface area contributed by atoms with Crippen LogP contribution in [0.2, 0.25) is 10.0 Å². The SMILES string of the molecule is CC(Cl)Cc1cccc(Cl)c1Cl. The van der Waals surface area contributed by atoms with Crippen molar-refractivity contribution in [2.45, 2.75) is 18.7 Å². The first-order chi connectivity index (χ1) is 5.61. The van der Waals surface area contributed by atoms with Crippen molar-refractivity contribution in [2.24, 2.45) is 0 Å². The van der Waals surface area contributed by atoms with Gasteiger partial charge in [-0.1, -0.05) is 35.3 Å². The van der Waals surface area contributed by atoms with E-state index >= 15 is 0 Å². The van der Waals surface area contributed by atoms with E-state index in [2.05, 4.69) is 0 Å². The van der Waals surface area contributed by atoms with E-state index in [1.54, 1.807) is 6.07 Å². The van der Waals surface area contributed by atoms with Crippen LogP contribution in [-0.4, -0.2) is 5.38 Å². The zero-order valence-electron chi connectivity index (χ0n) is 6.65. The molecule has 1 unspecified atom stereocenters. The molecular formula is C9H9Cl3. The van der Waals surface area contributed by atoms with Crippen molar-refractivity contribution in [3.05, 3.63) is 33.8 Å². The summed E-state index contributed by atoms with van der Waals surface area (Å²) in [5, 5.41) is 1.29. The summed E-state index contributed by atoms with van der Waals surface area (Å²) in [6.45, 7) is 1.93. The molecule has 0 saturated carbocycles. The van der Waals surface area contributed by atoms with Gasteiger partial charge < -0.3 is 0 Å². The van der Waals surface area contributed by atoms with Crippen LogP contribution in [0.25, 0.3) is 0 Å². The molecule has 66 valence electrons. The van der Waals surface area contributed by atoms with Crippen LogP contribution in [-0.2, 0) is 6.42 Å². The highest BCUT2D eigenvalue weighted by atomic mass is 35.5. The maximum atomic E-state index is 5.95. The van der Waals surface area contributed by atoms with Gasteiger partial charge in [0.2, 0.25) is 0 Å². The first-order valence-corrected chi connectivity index (χ1v) is 4.87. The molecule has 12 heavy (non-hydrogen) atoms. The lowest BCUT2D eigenvalue weighted by atomic mass is 10.1. The average Bonchev–Trinajstić information content (AvgIpc) is 1.98. The Hall–Kier alpha value is 0.0900. The summed E-state index contributed by atoms with van der Waals surface area (Å²) >= 11 is 17.6. The highest BCUT2D eigenvalue weighted by molar-refractivity contribution is 6.42. The Morgan fingerprint density at radius 3 is 2.58 bits per heavy atom. The normalized spacial score (nSPS) is 13.0. The lowest BCUT2D eigenvalue weighted by Crippen LogP contribution is -1.97. The monoisotopic (exact) mass is 222 g/mol. The Kier molecular flexibility index (Phi) is 3.70. The Morgan fingerprint density at radius 1 is 1.33 bits per heavy atom. The quantitative estimate of drug-likeness (QED) is 0.661. The van der Waals surface area contributed by atoms with Crippen molar-refractivity contribution in [2.75, 3.05) is 0 Å². The Balaban J connectivity index is 2.92. The molecule has 3 heteroatoms. The molecule has 0 aromatic heterocycles. The molecule has 0 aliphatic heterocycles. The highest BCUT2D eigenvalue weighted by Gasteiger charge is 2.06. The predicted octanol–water partition coefficient (Wildman–Crippen LogP) is 4.16. The van der Waals surface area contributed by atoms with Gasteiger partial charge in [0.15, 0.2) is 0 Å². The largest absolute Gasteiger partial charge is 0.123 e. The minimum atomic E-state index is 0.0842. The van der Waals surface area contributed by atoms with Crippen molar-refractivity contribution >= 4 is 34.8 Å². The molecule has 0 bridgehead atoms. The number of hydrogen-bond acceptors (Lipinski definition) is 0. The van der Waals surface area contributed by atoms with E-state index in [4.69, 9.17) is 34.8 Å². The molecule has 1 aromatic carbocycles. The molecule has 1 aromatic rings. The molecule has 0 aliphatic carbocycles. The minimum absolute atomic E-state index is 0.0842. The Labute approximate surface area is 87.4 Å². The summed E-state index contributed by atoms with van der Waals surface area (Å²) in [7, 11) is 0. The summed E-state index contributed by atoms with van der Waals surface area (Å²) in [5.74, 6) is 0.